The molecule has 0 radical (unpaired) electrons. The van der Waals surface area contributed by atoms with Gasteiger partial charge in [-0.2, -0.15) is 0 Å². The fourth-order valence-corrected chi connectivity index (χ4v) is 3.72. The molecular weight excluding hydrogens is 362 g/mol. The third-order valence-electron chi connectivity index (χ3n) is 2.36. The Hall–Kier alpha value is -1.44. The molecule has 0 aliphatic rings. The van der Waals surface area contributed by atoms with Crippen LogP contribution < -0.4 is 5.32 Å². The van der Waals surface area contributed by atoms with Crippen LogP contribution in [0, 0.1) is 0 Å². The highest BCUT2D eigenvalue weighted by Crippen LogP contribution is 2.22. The minimum absolute atomic E-state index is 0.199. The van der Waals surface area contributed by atoms with E-state index in [1.807, 2.05) is 12.1 Å². The van der Waals surface area contributed by atoms with E-state index in [2.05, 4.69) is 21.2 Å². The zero-order valence-electron chi connectivity index (χ0n) is 10.1. The van der Waals surface area contributed by atoms with Crippen molar-refractivity contribution in [1.29, 1.82) is 0 Å². The lowest BCUT2D eigenvalue weighted by atomic mass is 10.2. The number of carboxylic acid groups (broad SMARTS) is 1. The van der Waals surface area contributed by atoms with E-state index in [9.17, 15) is 9.59 Å². The predicted octanol–water partition coefficient (Wildman–Crippen LogP) is 3.60. The molecular formula is C13H10BrNO3S2. The van der Waals surface area contributed by atoms with E-state index >= 15 is 0 Å². The summed E-state index contributed by atoms with van der Waals surface area (Å²) in [4.78, 5) is 24.1. The highest BCUT2D eigenvalue weighted by atomic mass is 79.9. The van der Waals surface area contributed by atoms with Crippen LogP contribution in [0.5, 0.6) is 0 Å². The third-order valence-corrected chi connectivity index (χ3v) is 4.91. The summed E-state index contributed by atoms with van der Waals surface area (Å²) >= 11 is 6.21. The van der Waals surface area contributed by atoms with Crippen LogP contribution in [-0.4, -0.2) is 17.0 Å². The van der Waals surface area contributed by atoms with E-state index in [-0.39, 0.29) is 5.91 Å². The van der Waals surface area contributed by atoms with E-state index in [4.69, 9.17) is 5.11 Å². The number of hydrogen-bond acceptors (Lipinski definition) is 4. The molecule has 2 N–H and O–H groups in total. The lowest BCUT2D eigenvalue weighted by molar-refractivity contribution is -0.131. The first kappa shape index (κ1) is 15.0. The number of amides is 1. The van der Waals surface area contributed by atoms with Gasteiger partial charge in [0.25, 0.3) is 5.91 Å². The second-order valence-corrected chi connectivity index (χ2v) is 7.23. The Labute approximate surface area is 131 Å². The highest BCUT2D eigenvalue weighted by Gasteiger charge is 2.11. The maximum atomic E-state index is 12.1. The maximum Gasteiger partial charge on any atom is 0.328 e. The molecule has 0 aliphatic carbocycles. The van der Waals surface area contributed by atoms with Crippen molar-refractivity contribution >= 4 is 56.6 Å². The minimum Gasteiger partial charge on any atom is -0.478 e. The molecule has 7 heteroatoms. The highest BCUT2D eigenvalue weighted by molar-refractivity contribution is 9.11. The SMILES string of the molecule is O=C(O)C=Cc1ccsc1C(=O)NCc1ccc(Br)s1. The van der Waals surface area contributed by atoms with Gasteiger partial charge >= 0.3 is 5.97 Å². The summed E-state index contributed by atoms with van der Waals surface area (Å²) < 4.78 is 1.02. The summed E-state index contributed by atoms with van der Waals surface area (Å²) in [6, 6.07) is 5.59. The number of aliphatic carboxylic acids is 1. The third kappa shape index (κ3) is 4.03. The van der Waals surface area contributed by atoms with Crippen LogP contribution in [0.2, 0.25) is 0 Å². The normalized spacial score (nSPS) is 10.8. The van der Waals surface area contributed by atoms with Crippen molar-refractivity contribution in [3.63, 3.8) is 0 Å². The zero-order chi connectivity index (χ0) is 14.5. The molecule has 2 rings (SSSR count). The van der Waals surface area contributed by atoms with E-state index < -0.39 is 5.97 Å². The molecule has 0 aliphatic heterocycles. The van der Waals surface area contributed by atoms with Crippen LogP contribution in [0.15, 0.2) is 33.4 Å². The van der Waals surface area contributed by atoms with Crippen molar-refractivity contribution < 1.29 is 14.7 Å². The Morgan fingerprint density at radius 1 is 1.35 bits per heavy atom. The summed E-state index contributed by atoms with van der Waals surface area (Å²) in [5, 5.41) is 13.2. The van der Waals surface area contributed by atoms with Gasteiger partial charge in [-0.1, -0.05) is 0 Å². The van der Waals surface area contributed by atoms with Gasteiger partial charge in [0.15, 0.2) is 0 Å². The van der Waals surface area contributed by atoms with Crippen LogP contribution >= 0.6 is 38.6 Å². The van der Waals surface area contributed by atoms with Gasteiger partial charge in [0, 0.05) is 11.0 Å². The Morgan fingerprint density at radius 3 is 2.80 bits per heavy atom. The summed E-state index contributed by atoms with van der Waals surface area (Å²) in [5.41, 5.74) is 0.613. The molecule has 0 saturated heterocycles. The number of halogens is 1. The fourth-order valence-electron chi connectivity index (χ4n) is 1.49. The summed E-state index contributed by atoms with van der Waals surface area (Å²) in [6.45, 7) is 0.453. The first-order valence-electron chi connectivity index (χ1n) is 5.57. The van der Waals surface area contributed by atoms with Crippen LogP contribution in [-0.2, 0) is 11.3 Å². The molecule has 2 aromatic heterocycles. The number of hydrogen-bond donors (Lipinski definition) is 2. The molecule has 0 atom stereocenters. The van der Waals surface area contributed by atoms with Gasteiger partial charge in [-0.15, -0.1) is 22.7 Å². The fraction of sp³-hybridized carbons (Fsp3) is 0.0769. The number of carbonyl (C=O) groups is 2. The lowest BCUT2D eigenvalue weighted by Crippen LogP contribution is -2.21. The summed E-state index contributed by atoms with van der Waals surface area (Å²) in [5.74, 6) is -1.24. The van der Waals surface area contributed by atoms with Crippen LogP contribution in [0.25, 0.3) is 6.08 Å². The topological polar surface area (TPSA) is 66.4 Å². The van der Waals surface area contributed by atoms with Gasteiger partial charge < -0.3 is 10.4 Å². The maximum absolute atomic E-state index is 12.1. The number of thiophene rings is 2. The van der Waals surface area contributed by atoms with Crippen LogP contribution in [0.3, 0.4) is 0 Å². The first-order valence-corrected chi connectivity index (χ1v) is 8.06. The van der Waals surface area contributed by atoms with Crippen LogP contribution in [0.4, 0.5) is 0 Å². The molecule has 0 bridgehead atoms. The average molecular weight is 372 g/mol. The summed E-state index contributed by atoms with van der Waals surface area (Å²) in [6.07, 6.45) is 2.45. The van der Waals surface area contributed by atoms with E-state index in [0.29, 0.717) is 17.0 Å². The monoisotopic (exact) mass is 371 g/mol. The molecule has 0 aromatic carbocycles. The van der Waals surface area contributed by atoms with Gasteiger partial charge in [-0.3, -0.25) is 4.79 Å². The minimum atomic E-state index is -1.04. The van der Waals surface area contributed by atoms with Crippen molar-refractivity contribution in [2.75, 3.05) is 0 Å². The number of carboxylic acids is 1. The molecule has 104 valence electrons. The first-order chi connectivity index (χ1) is 9.56. The smallest absolute Gasteiger partial charge is 0.328 e. The number of nitrogens with one attached hydrogen (secondary N) is 1. The van der Waals surface area contributed by atoms with E-state index in [1.54, 1.807) is 22.8 Å². The lowest BCUT2D eigenvalue weighted by Gasteiger charge is -2.02. The number of rotatable bonds is 5. The Kier molecular flexibility index (Phi) is 5.11. The summed E-state index contributed by atoms with van der Waals surface area (Å²) in [7, 11) is 0. The van der Waals surface area contributed by atoms with Gasteiger partial charge in [0.05, 0.1) is 15.2 Å². The van der Waals surface area contributed by atoms with Crippen molar-refractivity contribution in [3.05, 3.63) is 48.8 Å². The quantitative estimate of drug-likeness (QED) is 0.789. The molecule has 2 aromatic rings. The molecule has 4 nitrogen and oxygen atoms in total. The Bertz CT molecular complexity index is 660. The molecule has 1 amide bonds. The van der Waals surface area contributed by atoms with Crippen molar-refractivity contribution in [1.82, 2.24) is 5.32 Å². The molecule has 2 heterocycles. The molecule has 0 saturated carbocycles. The van der Waals surface area contributed by atoms with Crippen molar-refractivity contribution in [3.8, 4) is 0 Å². The van der Waals surface area contributed by atoms with Crippen molar-refractivity contribution in [2.24, 2.45) is 0 Å². The van der Waals surface area contributed by atoms with Gasteiger partial charge in [0.2, 0.25) is 0 Å². The largest absolute Gasteiger partial charge is 0.478 e. The molecule has 0 unspecified atom stereocenters. The van der Waals surface area contributed by atoms with Crippen LogP contribution in [0.1, 0.15) is 20.1 Å². The molecule has 0 spiro atoms. The second-order valence-electron chi connectivity index (χ2n) is 3.77. The number of carbonyl (C=O) groups excluding carboxylic acids is 1. The molecule has 0 fully saturated rings. The van der Waals surface area contributed by atoms with Gasteiger partial charge in [-0.25, -0.2) is 4.79 Å². The zero-order valence-corrected chi connectivity index (χ0v) is 13.3. The predicted molar refractivity (Wildman–Crippen MR) is 84.2 cm³/mol. The van der Waals surface area contributed by atoms with E-state index in [0.717, 1.165) is 14.7 Å². The van der Waals surface area contributed by atoms with Gasteiger partial charge in [0.1, 0.15) is 0 Å². The Morgan fingerprint density at radius 2 is 2.15 bits per heavy atom. The van der Waals surface area contributed by atoms with Crippen molar-refractivity contribution in [2.45, 2.75) is 6.54 Å². The van der Waals surface area contributed by atoms with E-state index in [1.165, 1.54) is 17.4 Å². The average Bonchev–Trinajstić information content (AvgIpc) is 3.02. The van der Waals surface area contributed by atoms with Gasteiger partial charge in [-0.05, 0) is 51.1 Å². The molecule has 20 heavy (non-hydrogen) atoms. The second kappa shape index (κ2) is 6.83. The Balaban J connectivity index is 2.02. The standard InChI is InChI=1S/C13H10BrNO3S2/c14-10-3-2-9(20-10)7-15-13(18)12-8(5-6-19-12)1-4-11(16)17/h1-6H,7H2,(H,15,18)(H,16,17).